The molecule has 0 aromatic carbocycles. The first-order chi connectivity index (χ1) is 9.54. The molecule has 3 aromatic rings. The van der Waals surface area contributed by atoms with Crippen molar-refractivity contribution < 1.29 is 0 Å². The molecule has 3 rings (SSSR count). The second-order valence-electron chi connectivity index (χ2n) is 5.66. The summed E-state index contributed by atoms with van der Waals surface area (Å²) < 4.78 is 1.87. The van der Waals surface area contributed by atoms with E-state index >= 15 is 0 Å². The Morgan fingerprint density at radius 3 is 2.80 bits per heavy atom. The van der Waals surface area contributed by atoms with Crippen molar-refractivity contribution in [3.05, 3.63) is 40.7 Å². The number of hydrogen-bond acceptors (Lipinski definition) is 5. The van der Waals surface area contributed by atoms with Crippen molar-refractivity contribution in [1.82, 2.24) is 19.6 Å². The summed E-state index contributed by atoms with van der Waals surface area (Å²) in [6, 6.07) is 2.09. The van der Waals surface area contributed by atoms with Crippen molar-refractivity contribution in [1.29, 1.82) is 0 Å². The summed E-state index contributed by atoms with van der Waals surface area (Å²) in [7, 11) is 0. The van der Waals surface area contributed by atoms with Crippen LogP contribution >= 0.6 is 11.3 Å². The molecule has 1 N–H and O–H groups in total. The molecule has 0 fully saturated rings. The average Bonchev–Trinajstić information content (AvgIpc) is 3.04. The third-order valence-electron chi connectivity index (χ3n) is 3.05. The van der Waals surface area contributed by atoms with E-state index in [9.17, 15) is 0 Å². The third kappa shape index (κ3) is 2.51. The van der Waals surface area contributed by atoms with Crippen LogP contribution in [0.4, 0.5) is 5.82 Å². The number of nitrogens with one attached hydrogen (secondary N) is 1. The molecule has 0 radical (unpaired) electrons. The van der Waals surface area contributed by atoms with Gasteiger partial charge < -0.3 is 5.32 Å². The third-order valence-corrected chi connectivity index (χ3v) is 3.83. The Kier molecular flexibility index (Phi) is 3.17. The molecule has 0 aliphatic heterocycles. The van der Waals surface area contributed by atoms with Gasteiger partial charge in [0.1, 0.15) is 10.5 Å². The Balaban J connectivity index is 1.92. The van der Waals surface area contributed by atoms with Crippen molar-refractivity contribution in [2.75, 3.05) is 5.32 Å². The lowest BCUT2D eigenvalue weighted by Crippen LogP contribution is -2.11. The molecule has 3 heterocycles. The van der Waals surface area contributed by atoms with Gasteiger partial charge in [-0.15, -0.1) is 11.3 Å². The van der Waals surface area contributed by atoms with E-state index in [1.807, 2.05) is 22.3 Å². The Bertz CT molecular complexity index is 709. The van der Waals surface area contributed by atoms with Crippen molar-refractivity contribution in [2.24, 2.45) is 0 Å². The molecule has 0 bridgehead atoms. The average molecular weight is 287 g/mol. The summed E-state index contributed by atoms with van der Waals surface area (Å²) in [5.74, 6) is 0.839. The molecule has 0 atom stereocenters. The highest BCUT2D eigenvalue weighted by molar-refractivity contribution is 7.09. The first-order valence-electron chi connectivity index (χ1n) is 6.51. The Hall–Kier alpha value is -1.95. The fraction of sp³-hybridized carbons (Fsp3) is 0.357. The van der Waals surface area contributed by atoms with Crippen LogP contribution in [0.15, 0.2) is 30.0 Å². The van der Waals surface area contributed by atoms with Crippen LogP contribution < -0.4 is 5.32 Å². The first-order valence-corrected chi connectivity index (χ1v) is 7.39. The summed E-state index contributed by atoms with van der Waals surface area (Å²) >= 11 is 1.63. The minimum absolute atomic E-state index is 0.0264. The monoisotopic (exact) mass is 287 g/mol. The van der Waals surface area contributed by atoms with Crippen LogP contribution in [0.25, 0.3) is 5.52 Å². The topological polar surface area (TPSA) is 55.1 Å². The zero-order chi connectivity index (χ0) is 14.2. The second-order valence-corrected chi connectivity index (χ2v) is 6.64. The second kappa shape index (κ2) is 4.86. The maximum Gasteiger partial charge on any atom is 0.152 e. The lowest BCUT2D eigenvalue weighted by molar-refractivity contribution is 0.562. The molecule has 20 heavy (non-hydrogen) atoms. The van der Waals surface area contributed by atoms with Crippen molar-refractivity contribution in [3.8, 4) is 0 Å². The summed E-state index contributed by atoms with van der Waals surface area (Å²) in [4.78, 5) is 8.67. The molecule has 0 saturated heterocycles. The van der Waals surface area contributed by atoms with Gasteiger partial charge >= 0.3 is 0 Å². The molecule has 3 aromatic heterocycles. The zero-order valence-electron chi connectivity index (χ0n) is 11.8. The highest BCUT2D eigenvalue weighted by Crippen LogP contribution is 2.24. The lowest BCUT2D eigenvalue weighted by Gasteiger charge is -2.13. The number of rotatable bonds is 3. The fourth-order valence-corrected chi connectivity index (χ4v) is 2.48. The van der Waals surface area contributed by atoms with E-state index in [0.29, 0.717) is 6.54 Å². The van der Waals surface area contributed by atoms with Crippen LogP contribution in [0.3, 0.4) is 0 Å². The van der Waals surface area contributed by atoms with E-state index in [2.05, 4.69) is 47.2 Å². The molecule has 0 unspecified atom stereocenters. The van der Waals surface area contributed by atoms with Crippen LogP contribution in [0, 0.1) is 0 Å². The van der Waals surface area contributed by atoms with Gasteiger partial charge in [0.2, 0.25) is 0 Å². The number of hydrogen-bond donors (Lipinski definition) is 1. The minimum Gasteiger partial charge on any atom is -0.362 e. The molecule has 5 nitrogen and oxygen atoms in total. The SMILES string of the molecule is CC(C)(C)c1cc2c(NCc3nccs3)nccn2n1. The zero-order valence-corrected chi connectivity index (χ0v) is 12.6. The highest BCUT2D eigenvalue weighted by Gasteiger charge is 2.19. The lowest BCUT2D eigenvalue weighted by atomic mass is 9.92. The number of thiazole rings is 1. The van der Waals surface area contributed by atoms with Crippen molar-refractivity contribution in [2.45, 2.75) is 32.7 Å². The van der Waals surface area contributed by atoms with Gasteiger partial charge in [0.05, 0.1) is 12.2 Å². The number of fused-ring (bicyclic) bond motifs is 1. The number of anilines is 1. The summed E-state index contributed by atoms with van der Waals surface area (Å²) in [6.45, 7) is 7.15. The van der Waals surface area contributed by atoms with Crippen LogP contribution in [-0.4, -0.2) is 19.6 Å². The van der Waals surface area contributed by atoms with Gasteiger partial charge in [-0.05, 0) is 6.07 Å². The Morgan fingerprint density at radius 2 is 2.10 bits per heavy atom. The van der Waals surface area contributed by atoms with Gasteiger partial charge in [0, 0.05) is 29.4 Å². The van der Waals surface area contributed by atoms with E-state index in [0.717, 1.165) is 22.0 Å². The van der Waals surface area contributed by atoms with Crippen LogP contribution in [-0.2, 0) is 12.0 Å². The Labute approximate surface area is 121 Å². The fourth-order valence-electron chi connectivity index (χ4n) is 1.92. The standard InChI is InChI=1S/C14H17N5S/c1-14(2,3)11-8-10-13(16-4-6-19(10)18-11)17-9-12-15-5-7-20-12/h4-8H,9H2,1-3H3,(H,16,17). The van der Waals surface area contributed by atoms with Crippen molar-refractivity contribution >= 4 is 22.7 Å². The van der Waals surface area contributed by atoms with Gasteiger partial charge in [0.25, 0.3) is 0 Å². The van der Waals surface area contributed by atoms with E-state index in [1.54, 1.807) is 17.5 Å². The minimum atomic E-state index is 0.0264. The van der Waals surface area contributed by atoms with E-state index in [4.69, 9.17) is 0 Å². The van der Waals surface area contributed by atoms with Crippen LogP contribution in [0.5, 0.6) is 0 Å². The quantitative estimate of drug-likeness (QED) is 0.804. The predicted octanol–water partition coefficient (Wildman–Crippen LogP) is 3.10. The molecule has 0 amide bonds. The summed E-state index contributed by atoms with van der Waals surface area (Å²) in [6.07, 6.45) is 5.45. The highest BCUT2D eigenvalue weighted by atomic mass is 32.1. The molecule has 0 saturated carbocycles. The maximum absolute atomic E-state index is 4.61. The van der Waals surface area contributed by atoms with Crippen LogP contribution in [0.2, 0.25) is 0 Å². The summed E-state index contributed by atoms with van der Waals surface area (Å²) in [5.41, 5.74) is 2.08. The van der Waals surface area contributed by atoms with Crippen molar-refractivity contribution in [3.63, 3.8) is 0 Å². The van der Waals surface area contributed by atoms with E-state index < -0.39 is 0 Å². The largest absolute Gasteiger partial charge is 0.362 e. The molecular formula is C14H17N5S. The van der Waals surface area contributed by atoms with Crippen LogP contribution in [0.1, 0.15) is 31.5 Å². The predicted molar refractivity (Wildman–Crippen MR) is 81.1 cm³/mol. The molecule has 0 aliphatic carbocycles. The normalized spacial score (nSPS) is 11.9. The van der Waals surface area contributed by atoms with Gasteiger partial charge in [-0.2, -0.15) is 5.10 Å². The summed E-state index contributed by atoms with van der Waals surface area (Å²) in [5, 5.41) is 11.0. The molecular weight excluding hydrogens is 270 g/mol. The van der Waals surface area contributed by atoms with Gasteiger partial charge in [0.15, 0.2) is 5.82 Å². The van der Waals surface area contributed by atoms with Gasteiger partial charge in [-0.1, -0.05) is 20.8 Å². The molecule has 6 heteroatoms. The van der Waals surface area contributed by atoms with Gasteiger partial charge in [-0.3, -0.25) is 0 Å². The van der Waals surface area contributed by atoms with E-state index in [1.165, 1.54) is 0 Å². The maximum atomic E-state index is 4.61. The van der Waals surface area contributed by atoms with Gasteiger partial charge in [-0.25, -0.2) is 14.5 Å². The van der Waals surface area contributed by atoms with E-state index in [-0.39, 0.29) is 5.41 Å². The molecule has 0 spiro atoms. The molecule has 0 aliphatic rings. The Morgan fingerprint density at radius 1 is 1.25 bits per heavy atom. The smallest absolute Gasteiger partial charge is 0.152 e. The molecule has 104 valence electrons. The first kappa shape index (κ1) is 13.1. The number of nitrogens with zero attached hydrogens (tertiary/aromatic N) is 4. The number of aromatic nitrogens is 4.